The van der Waals surface area contributed by atoms with Crippen LogP contribution in [0.3, 0.4) is 0 Å². The third-order valence-electron chi connectivity index (χ3n) is 4.53. The van der Waals surface area contributed by atoms with Gasteiger partial charge in [-0.1, -0.05) is 24.3 Å². The lowest BCUT2D eigenvalue weighted by molar-refractivity contribution is 0.0730. The molecule has 0 aliphatic carbocycles. The van der Waals surface area contributed by atoms with Gasteiger partial charge < -0.3 is 10.1 Å². The number of aryl methyl sites for hydroxylation is 1. The van der Waals surface area contributed by atoms with E-state index in [1.165, 1.54) is 21.2 Å². The van der Waals surface area contributed by atoms with Crippen LogP contribution in [-0.2, 0) is 14.8 Å². The second-order valence-corrected chi connectivity index (χ2v) is 9.37. The smallest absolute Gasteiger partial charge is 0.243 e. The predicted octanol–water partition coefficient (Wildman–Crippen LogP) is 3.88. The standard InChI is InChI=1S/C20H21N3O3S2/c1-15-3-2-4-17(13-15)21-20-22-19(14-27-20)16-5-7-18(8-6-16)28(24,25)23-9-11-26-12-10-23/h2-8,13-14H,9-12H2,1H3,(H,21,22). The molecule has 0 unspecified atom stereocenters. The Morgan fingerprint density at radius 3 is 2.57 bits per heavy atom. The fraction of sp³-hybridized carbons (Fsp3) is 0.250. The quantitative estimate of drug-likeness (QED) is 0.685. The molecule has 0 bridgehead atoms. The first-order valence-corrected chi connectivity index (χ1v) is 11.3. The van der Waals surface area contributed by atoms with E-state index >= 15 is 0 Å². The number of aromatic nitrogens is 1. The van der Waals surface area contributed by atoms with E-state index in [0.29, 0.717) is 31.2 Å². The highest BCUT2D eigenvalue weighted by Gasteiger charge is 2.26. The lowest BCUT2D eigenvalue weighted by atomic mass is 10.2. The van der Waals surface area contributed by atoms with Crippen molar-refractivity contribution in [1.82, 2.24) is 9.29 Å². The number of rotatable bonds is 5. The number of hydrogen-bond donors (Lipinski definition) is 1. The minimum atomic E-state index is -3.48. The predicted molar refractivity (Wildman–Crippen MR) is 112 cm³/mol. The number of benzene rings is 2. The molecule has 1 aromatic heterocycles. The molecular weight excluding hydrogens is 394 g/mol. The first-order chi connectivity index (χ1) is 13.5. The van der Waals surface area contributed by atoms with Gasteiger partial charge >= 0.3 is 0 Å². The minimum absolute atomic E-state index is 0.298. The highest BCUT2D eigenvalue weighted by atomic mass is 32.2. The fourth-order valence-electron chi connectivity index (χ4n) is 3.04. The van der Waals surface area contributed by atoms with Crippen LogP contribution in [0.4, 0.5) is 10.8 Å². The Labute approximate surface area is 168 Å². The summed E-state index contributed by atoms with van der Waals surface area (Å²) in [6.07, 6.45) is 0. The molecule has 1 aliphatic rings. The van der Waals surface area contributed by atoms with Gasteiger partial charge in [0.15, 0.2) is 5.13 Å². The Bertz CT molecular complexity index is 1060. The molecule has 28 heavy (non-hydrogen) atoms. The third kappa shape index (κ3) is 4.10. The van der Waals surface area contributed by atoms with Crippen molar-refractivity contribution >= 4 is 32.2 Å². The van der Waals surface area contributed by atoms with Gasteiger partial charge in [-0.05, 0) is 36.8 Å². The summed E-state index contributed by atoms with van der Waals surface area (Å²) in [5, 5.41) is 6.07. The van der Waals surface area contributed by atoms with Crippen molar-refractivity contribution in [3.8, 4) is 11.3 Å². The van der Waals surface area contributed by atoms with Crippen LogP contribution in [-0.4, -0.2) is 44.0 Å². The summed E-state index contributed by atoms with van der Waals surface area (Å²) in [6, 6.07) is 15.0. The molecule has 0 amide bonds. The number of anilines is 2. The average molecular weight is 416 g/mol. The van der Waals surface area contributed by atoms with E-state index in [1.54, 1.807) is 24.3 Å². The molecule has 6 nitrogen and oxygen atoms in total. The van der Waals surface area contributed by atoms with E-state index < -0.39 is 10.0 Å². The molecule has 1 N–H and O–H groups in total. The number of morpholine rings is 1. The minimum Gasteiger partial charge on any atom is -0.379 e. The van der Waals surface area contributed by atoms with E-state index in [9.17, 15) is 8.42 Å². The number of hydrogen-bond acceptors (Lipinski definition) is 6. The van der Waals surface area contributed by atoms with Crippen LogP contribution in [0.2, 0.25) is 0 Å². The van der Waals surface area contributed by atoms with E-state index in [4.69, 9.17) is 4.74 Å². The summed E-state index contributed by atoms with van der Waals surface area (Å²) in [5.41, 5.74) is 3.87. The monoisotopic (exact) mass is 415 g/mol. The zero-order chi connectivity index (χ0) is 19.6. The van der Waals surface area contributed by atoms with Gasteiger partial charge in [-0.25, -0.2) is 13.4 Å². The molecule has 8 heteroatoms. The zero-order valence-electron chi connectivity index (χ0n) is 15.5. The Morgan fingerprint density at radius 2 is 1.86 bits per heavy atom. The van der Waals surface area contributed by atoms with Gasteiger partial charge in [0.1, 0.15) is 0 Å². The number of thiazole rings is 1. The molecule has 0 radical (unpaired) electrons. The summed E-state index contributed by atoms with van der Waals surface area (Å²) in [4.78, 5) is 4.92. The maximum atomic E-state index is 12.7. The lowest BCUT2D eigenvalue weighted by Crippen LogP contribution is -2.40. The highest BCUT2D eigenvalue weighted by molar-refractivity contribution is 7.89. The Morgan fingerprint density at radius 1 is 1.11 bits per heavy atom. The second kappa shape index (κ2) is 8.00. The van der Waals surface area contributed by atoms with Gasteiger partial charge in [0.25, 0.3) is 0 Å². The molecule has 1 fully saturated rings. The molecule has 1 aliphatic heterocycles. The van der Waals surface area contributed by atoms with Crippen molar-refractivity contribution in [2.24, 2.45) is 0 Å². The van der Waals surface area contributed by atoms with Crippen LogP contribution in [0.5, 0.6) is 0 Å². The Hall–Kier alpha value is -2.26. The molecule has 0 saturated carbocycles. The molecule has 2 aromatic carbocycles. The van der Waals surface area contributed by atoms with Gasteiger partial charge in [-0.15, -0.1) is 11.3 Å². The zero-order valence-corrected chi connectivity index (χ0v) is 17.1. The second-order valence-electron chi connectivity index (χ2n) is 6.57. The van der Waals surface area contributed by atoms with Crippen LogP contribution in [0, 0.1) is 6.92 Å². The van der Waals surface area contributed by atoms with E-state index in [1.807, 2.05) is 30.5 Å². The fourth-order valence-corrected chi connectivity index (χ4v) is 5.19. The third-order valence-corrected chi connectivity index (χ3v) is 7.20. The Kier molecular flexibility index (Phi) is 5.45. The summed E-state index contributed by atoms with van der Waals surface area (Å²) in [7, 11) is -3.48. The van der Waals surface area contributed by atoms with Crippen molar-refractivity contribution in [2.45, 2.75) is 11.8 Å². The summed E-state index contributed by atoms with van der Waals surface area (Å²) < 4.78 is 32.1. The summed E-state index contributed by atoms with van der Waals surface area (Å²) in [6.45, 7) is 3.71. The molecule has 1 saturated heterocycles. The first kappa shape index (κ1) is 19.1. The maximum absolute atomic E-state index is 12.7. The van der Waals surface area contributed by atoms with Gasteiger partial charge in [-0.3, -0.25) is 0 Å². The van der Waals surface area contributed by atoms with Crippen molar-refractivity contribution in [1.29, 1.82) is 0 Å². The van der Waals surface area contributed by atoms with Crippen LogP contribution in [0.1, 0.15) is 5.56 Å². The van der Waals surface area contributed by atoms with Crippen molar-refractivity contribution in [3.63, 3.8) is 0 Å². The van der Waals surface area contributed by atoms with Gasteiger partial charge in [-0.2, -0.15) is 4.31 Å². The lowest BCUT2D eigenvalue weighted by Gasteiger charge is -2.26. The molecule has 0 spiro atoms. The van der Waals surface area contributed by atoms with E-state index in [0.717, 1.165) is 22.1 Å². The van der Waals surface area contributed by atoms with E-state index in [2.05, 4.69) is 16.4 Å². The Balaban J connectivity index is 1.50. The molecule has 2 heterocycles. The van der Waals surface area contributed by atoms with Crippen LogP contribution >= 0.6 is 11.3 Å². The highest BCUT2D eigenvalue weighted by Crippen LogP contribution is 2.28. The first-order valence-electron chi connectivity index (χ1n) is 9.00. The molecule has 0 atom stereocenters. The topological polar surface area (TPSA) is 71.5 Å². The number of sulfonamides is 1. The van der Waals surface area contributed by atoms with Crippen LogP contribution < -0.4 is 5.32 Å². The van der Waals surface area contributed by atoms with E-state index in [-0.39, 0.29) is 0 Å². The largest absolute Gasteiger partial charge is 0.379 e. The summed E-state index contributed by atoms with van der Waals surface area (Å²) >= 11 is 1.51. The normalized spacial score (nSPS) is 15.5. The average Bonchev–Trinajstić information content (AvgIpc) is 3.17. The summed E-state index contributed by atoms with van der Waals surface area (Å²) in [5.74, 6) is 0. The van der Waals surface area contributed by atoms with Crippen LogP contribution in [0.15, 0.2) is 58.8 Å². The van der Waals surface area contributed by atoms with Gasteiger partial charge in [0, 0.05) is 29.7 Å². The molecule has 3 aromatic rings. The van der Waals surface area contributed by atoms with Crippen LogP contribution in [0.25, 0.3) is 11.3 Å². The maximum Gasteiger partial charge on any atom is 0.243 e. The van der Waals surface area contributed by atoms with Crippen molar-refractivity contribution in [3.05, 3.63) is 59.5 Å². The number of nitrogens with zero attached hydrogens (tertiary/aromatic N) is 2. The van der Waals surface area contributed by atoms with Crippen molar-refractivity contribution < 1.29 is 13.2 Å². The SMILES string of the molecule is Cc1cccc(Nc2nc(-c3ccc(S(=O)(=O)N4CCOCC4)cc3)cs2)c1. The number of nitrogens with one attached hydrogen (secondary N) is 1. The van der Waals surface area contributed by atoms with Crippen molar-refractivity contribution in [2.75, 3.05) is 31.6 Å². The van der Waals surface area contributed by atoms with Gasteiger partial charge in [0.2, 0.25) is 10.0 Å². The number of ether oxygens (including phenoxy) is 1. The molecular formula is C20H21N3O3S2. The van der Waals surface area contributed by atoms with Gasteiger partial charge in [0.05, 0.1) is 23.8 Å². The molecule has 146 valence electrons. The molecule has 4 rings (SSSR count).